The van der Waals surface area contributed by atoms with Gasteiger partial charge in [-0.3, -0.25) is 4.79 Å². The molecule has 0 aliphatic heterocycles. The standard InChI is InChI=1S/C15H23NO2S/c1-12-4-7-15(11-16,8-5-12)14(17)18-9-6-13-3-2-10-19-13/h2-3,10,12H,4-9,11,16H2,1H3. The van der Waals surface area contributed by atoms with Crippen LogP contribution >= 0.6 is 11.3 Å². The summed E-state index contributed by atoms with van der Waals surface area (Å²) in [6, 6.07) is 4.09. The Morgan fingerprint density at radius 3 is 2.84 bits per heavy atom. The molecule has 1 aromatic heterocycles. The van der Waals surface area contributed by atoms with Gasteiger partial charge >= 0.3 is 5.97 Å². The predicted octanol–water partition coefficient (Wildman–Crippen LogP) is 2.99. The van der Waals surface area contributed by atoms with Crippen LogP contribution in [-0.2, 0) is 16.0 Å². The molecule has 0 aromatic carbocycles. The van der Waals surface area contributed by atoms with Crippen molar-refractivity contribution in [1.82, 2.24) is 0 Å². The number of nitrogens with two attached hydrogens (primary N) is 1. The fourth-order valence-electron chi connectivity index (χ4n) is 2.66. The van der Waals surface area contributed by atoms with Gasteiger partial charge in [0.2, 0.25) is 0 Å². The summed E-state index contributed by atoms with van der Waals surface area (Å²) >= 11 is 1.70. The lowest BCUT2D eigenvalue weighted by molar-refractivity contribution is -0.157. The highest BCUT2D eigenvalue weighted by Crippen LogP contribution is 2.39. The van der Waals surface area contributed by atoms with Crippen LogP contribution in [0.5, 0.6) is 0 Å². The number of esters is 1. The Morgan fingerprint density at radius 2 is 2.26 bits per heavy atom. The van der Waals surface area contributed by atoms with Gasteiger partial charge < -0.3 is 10.5 Å². The first-order valence-corrected chi connectivity index (χ1v) is 7.94. The van der Waals surface area contributed by atoms with Crippen molar-refractivity contribution in [2.75, 3.05) is 13.2 Å². The second kappa shape index (κ2) is 6.53. The fourth-order valence-corrected chi connectivity index (χ4v) is 3.35. The van der Waals surface area contributed by atoms with Gasteiger partial charge in [-0.15, -0.1) is 11.3 Å². The van der Waals surface area contributed by atoms with Gasteiger partial charge in [0.15, 0.2) is 0 Å². The molecule has 106 valence electrons. The van der Waals surface area contributed by atoms with E-state index < -0.39 is 5.41 Å². The molecule has 3 nitrogen and oxygen atoms in total. The summed E-state index contributed by atoms with van der Waals surface area (Å²) in [5.74, 6) is 0.622. The van der Waals surface area contributed by atoms with E-state index >= 15 is 0 Å². The number of ether oxygens (including phenoxy) is 1. The van der Waals surface area contributed by atoms with Crippen molar-refractivity contribution < 1.29 is 9.53 Å². The molecule has 1 heterocycles. The van der Waals surface area contributed by atoms with E-state index in [2.05, 4.69) is 13.0 Å². The number of thiophene rings is 1. The first kappa shape index (κ1) is 14.5. The second-order valence-electron chi connectivity index (χ2n) is 5.63. The number of rotatable bonds is 5. The topological polar surface area (TPSA) is 52.3 Å². The number of carbonyl (C=O) groups excluding carboxylic acids is 1. The van der Waals surface area contributed by atoms with Crippen molar-refractivity contribution >= 4 is 17.3 Å². The summed E-state index contributed by atoms with van der Waals surface area (Å²) in [6.07, 6.45) is 4.72. The predicted molar refractivity (Wildman–Crippen MR) is 78.1 cm³/mol. The monoisotopic (exact) mass is 281 g/mol. The van der Waals surface area contributed by atoms with Gasteiger partial charge in [-0.25, -0.2) is 0 Å². The normalized spacial score (nSPS) is 27.2. The summed E-state index contributed by atoms with van der Waals surface area (Å²) in [5.41, 5.74) is 5.44. The van der Waals surface area contributed by atoms with Gasteiger partial charge in [0, 0.05) is 17.8 Å². The van der Waals surface area contributed by atoms with E-state index in [0.717, 1.165) is 32.1 Å². The Labute approximate surface area is 119 Å². The van der Waals surface area contributed by atoms with E-state index in [9.17, 15) is 4.79 Å². The molecule has 2 rings (SSSR count). The highest BCUT2D eigenvalue weighted by molar-refractivity contribution is 7.09. The lowest BCUT2D eigenvalue weighted by Crippen LogP contribution is -2.42. The third kappa shape index (κ3) is 3.57. The lowest BCUT2D eigenvalue weighted by Gasteiger charge is -2.36. The van der Waals surface area contributed by atoms with E-state index in [0.29, 0.717) is 19.1 Å². The van der Waals surface area contributed by atoms with Crippen LogP contribution in [-0.4, -0.2) is 19.1 Å². The van der Waals surface area contributed by atoms with Gasteiger partial charge in [-0.2, -0.15) is 0 Å². The summed E-state index contributed by atoms with van der Waals surface area (Å²) in [6.45, 7) is 3.12. The average molecular weight is 281 g/mol. The molecule has 0 spiro atoms. The Hall–Kier alpha value is -0.870. The van der Waals surface area contributed by atoms with E-state index in [1.165, 1.54) is 4.88 Å². The van der Waals surface area contributed by atoms with Crippen LogP contribution in [0.3, 0.4) is 0 Å². The van der Waals surface area contributed by atoms with E-state index in [1.807, 2.05) is 11.4 Å². The minimum absolute atomic E-state index is 0.0848. The number of hydrogen-bond donors (Lipinski definition) is 1. The molecule has 1 aromatic rings. The third-order valence-corrected chi connectivity index (χ3v) is 5.15. The first-order chi connectivity index (χ1) is 9.16. The molecule has 19 heavy (non-hydrogen) atoms. The van der Waals surface area contributed by atoms with E-state index in [4.69, 9.17) is 10.5 Å². The van der Waals surface area contributed by atoms with Crippen molar-refractivity contribution in [2.45, 2.75) is 39.0 Å². The van der Waals surface area contributed by atoms with Crippen molar-refractivity contribution in [3.05, 3.63) is 22.4 Å². The van der Waals surface area contributed by atoms with Gasteiger partial charge in [-0.05, 0) is 43.0 Å². The van der Waals surface area contributed by atoms with Crippen LogP contribution in [0.1, 0.15) is 37.5 Å². The molecular formula is C15H23NO2S. The molecule has 1 saturated carbocycles. The van der Waals surface area contributed by atoms with Crippen molar-refractivity contribution in [3.63, 3.8) is 0 Å². The Bertz CT molecular complexity index is 394. The fraction of sp³-hybridized carbons (Fsp3) is 0.667. The maximum Gasteiger partial charge on any atom is 0.313 e. The summed E-state index contributed by atoms with van der Waals surface area (Å²) in [4.78, 5) is 13.5. The maximum atomic E-state index is 12.3. The van der Waals surface area contributed by atoms with Crippen molar-refractivity contribution in [1.29, 1.82) is 0 Å². The highest BCUT2D eigenvalue weighted by Gasteiger charge is 2.41. The molecule has 4 heteroatoms. The Kier molecular flexibility index (Phi) is 4.99. The molecule has 1 fully saturated rings. The van der Waals surface area contributed by atoms with Gasteiger partial charge in [-0.1, -0.05) is 13.0 Å². The van der Waals surface area contributed by atoms with Crippen molar-refractivity contribution in [2.24, 2.45) is 17.1 Å². The molecule has 0 bridgehead atoms. The minimum atomic E-state index is -0.415. The zero-order valence-electron chi connectivity index (χ0n) is 11.6. The zero-order valence-corrected chi connectivity index (χ0v) is 12.4. The quantitative estimate of drug-likeness (QED) is 0.844. The van der Waals surface area contributed by atoms with Gasteiger partial charge in [0.05, 0.1) is 12.0 Å². The molecule has 0 atom stereocenters. The lowest BCUT2D eigenvalue weighted by atomic mass is 9.71. The molecule has 0 saturated heterocycles. The maximum absolute atomic E-state index is 12.3. The van der Waals surface area contributed by atoms with Crippen LogP contribution < -0.4 is 5.73 Å². The molecular weight excluding hydrogens is 258 g/mol. The molecule has 2 N–H and O–H groups in total. The number of hydrogen-bond acceptors (Lipinski definition) is 4. The molecule has 0 radical (unpaired) electrons. The van der Waals surface area contributed by atoms with Crippen LogP contribution in [0.2, 0.25) is 0 Å². The summed E-state index contributed by atoms with van der Waals surface area (Å²) in [5, 5.41) is 2.04. The third-order valence-electron chi connectivity index (χ3n) is 4.22. The second-order valence-corrected chi connectivity index (χ2v) is 6.66. The van der Waals surface area contributed by atoms with Gasteiger partial charge in [0.25, 0.3) is 0 Å². The molecule has 1 aliphatic carbocycles. The van der Waals surface area contributed by atoms with Crippen LogP contribution in [0.4, 0.5) is 0 Å². The molecule has 0 unspecified atom stereocenters. The van der Waals surface area contributed by atoms with Crippen molar-refractivity contribution in [3.8, 4) is 0 Å². The summed E-state index contributed by atoms with van der Waals surface area (Å²) < 4.78 is 5.47. The molecule has 1 aliphatic rings. The number of carbonyl (C=O) groups is 1. The first-order valence-electron chi connectivity index (χ1n) is 7.06. The highest BCUT2D eigenvalue weighted by atomic mass is 32.1. The molecule has 0 amide bonds. The summed E-state index contributed by atoms with van der Waals surface area (Å²) in [7, 11) is 0. The van der Waals surface area contributed by atoms with E-state index in [1.54, 1.807) is 11.3 Å². The SMILES string of the molecule is CC1CCC(CN)(C(=O)OCCc2cccs2)CC1. The Balaban J connectivity index is 1.83. The van der Waals surface area contributed by atoms with Crippen LogP contribution in [0, 0.1) is 11.3 Å². The minimum Gasteiger partial charge on any atom is -0.465 e. The van der Waals surface area contributed by atoms with Crippen LogP contribution in [0.15, 0.2) is 17.5 Å². The van der Waals surface area contributed by atoms with Gasteiger partial charge in [0.1, 0.15) is 0 Å². The smallest absolute Gasteiger partial charge is 0.313 e. The zero-order chi connectivity index (χ0) is 13.7. The van der Waals surface area contributed by atoms with E-state index in [-0.39, 0.29) is 5.97 Å². The Morgan fingerprint density at radius 1 is 1.53 bits per heavy atom. The largest absolute Gasteiger partial charge is 0.465 e. The average Bonchev–Trinajstić information content (AvgIpc) is 2.93. The van der Waals surface area contributed by atoms with Crippen LogP contribution in [0.25, 0.3) is 0 Å².